The summed E-state index contributed by atoms with van der Waals surface area (Å²) in [6, 6.07) is 7.68. The van der Waals surface area contributed by atoms with Gasteiger partial charge >= 0.3 is 0 Å². The molecule has 0 fully saturated rings. The molecule has 0 radical (unpaired) electrons. The molecule has 0 aromatic heterocycles. The lowest BCUT2D eigenvalue weighted by Crippen LogP contribution is -2.36. The Bertz CT molecular complexity index is 405. The molecule has 1 rings (SSSR count). The molecule has 0 heterocycles. The molecule has 0 saturated heterocycles. The highest BCUT2D eigenvalue weighted by atomic mass is 16.5. The van der Waals surface area contributed by atoms with Crippen LogP contribution >= 0.6 is 0 Å². The van der Waals surface area contributed by atoms with E-state index in [2.05, 4.69) is 17.2 Å². The second-order valence-corrected chi connectivity index (χ2v) is 3.93. The first-order chi connectivity index (χ1) is 8.69. The Morgan fingerprint density at radius 3 is 2.89 bits per heavy atom. The van der Waals surface area contributed by atoms with Crippen molar-refractivity contribution in [3.63, 3.8) is 0 Å². The molecule has 1 aromatic rings. The zero-order valence-electron chi connectivity index (χ0n) is 10.9. The number of amides is 1. The van der Waals surface area contributed by atoms with Crippen molar-refractivity contribution in [3.05, 3.63) is 42.5 Å². The van der Waals surface area contributed by atoms with Gasteiger partial charge in [-0.25, -0.2) is 0 Å². The number of rotatable bonds is 7. The van der Waals surface area contributed by atoms with Crippen LogP contribution in [0.1, 0.15) is 12.5 Å². The molecule has 1 aromatic carbocycles. The highest BCUT2D eigenvalue weighted by Crippen LogP contribution is 2.19. The van der Waals surface area contributed by atoms with Crippen molar-refractivity contribution < 1.29 is 9.53 Å². The van der Waals surface area contributed by atoms with E-state index in [1.807, 2.05) is 31.3 Å². The van der Waals surface area contributed by atoms with Crippen LogP contribution in [0.5, 0.6) is 5.75 Å². The fourth-order valence-electron chi connectivity index (χ4n) is 1.52. The van der Waals surface area contributed by atoms with Crippen molar-refractivity contribution in [1.82, 2.24) is 10.6 Å². The molecule has 1 amide bonds. The minimum absolute atomic E-state index is 0.144. The Morgan fingerprint density at radius 2 is 2.22 bits per heavy atom. The van der Waals surface area contributed by atoms with Crippen LogP contribution in [-0.2, 0) is 11.3 Å². The van der Waals surface area contributed by atoms with Crippen LogP contribution in [0.2, 0.25) is 0 Å². The van der Waals surface area contributed by atoms with E-state index in [9.17, 15) is 4.79 Å². The monoisotopic (exact) mass is 248 g/mol. The number of para-hydroxylation sites is 1. The van der Waals surface area contributed by atoms with Gasteiger partial charge in [-0.3, -0.25) is 4.79 Å². The lowest BCUT2D eigenvalue weighted by Gasteiger charge is -2.16. The van der Waals surface area contributed by atoms with Crippen molar-refractivity contribution in [1.29, 1.82) is 0 Å². The van der Waals surface area contributed by atoms with Gasteiger partial charge in [-0.15, -0.1) is 6.58 Å². The largest absolute Gasteiger partial charge is 0.481 e. The summed E-state index contributed by atoms with van der Waals surface area (Å²) in [7, 11) is 1.87. The van der Waals surface area contributed by atoms with Crippen LogP contribution in [0.3, 0.4) is 0 Å². The Hall–Kier alpha value is -1.81. The van der Waals surface area contributed by atoms with Crippen molar-refractivity contribution >= 4 is 5.91 Å². The molecule has 0 saturated carbocycles. The molecule has 0 bridgehead atoms. The maximum atomic E-state index is 11.7. The quantitative estimate of drug-likeness (QED) is 0.719. The number of nitrogens with one attached hydrogen (secondary N) is 2. The summed E-state index contributed by atoms with van der Waals surface area (Å²) in [4.78, 5) is 11.7. The fraction of sp³-hybridized carbons (Fsp3) is 0.357. The van der Waals surface area contributed by atoms with Gasteiger partial charge in [0, 0.05) is 18.7 Å². The maximum absolute atomic E-state index is 11.7. The molecule has 0 aliphatic rings. The van der Waals surface area contributed by atoms with Crippen LogP contribution in [0, 0.1) is 0 Å². The number of carbonyl (C=O) groups excluding carboxylic acids is 1. The summed E-state index contributed by atoms with van der Waals surface area (Å²) in [6.07, 6.45) is 1.11. The Morgan fingerprint density at radius 1 is 1.50 bits per heavy atom. The average Bonchev–Trinajstić information content (AvgIpc) is 2.38. The standard InChI is InChI=1S/C14H20N2O2/c1-4-9-16-14(17)11(2)18-13-8-6-5-7-12(13)10-15-3/h4-8,11,15H,1,9-10H2,2-3H3,(H,16,17). The van der Waals surface area contributed by atoms with Crippen LogP contribution in [0.25, 0.3) is 0 Å². The van der Waals surface area contributed by atoms with Crippen LogP contribution < -0.4 is 15.4 Å². The van der Waals surface area contributed by atoms with Gasteiger partial charge in [0.1, 0.15) is 5.75 Å². The summed E-state index contributed by atoms with van der Waals surface area (Å²) < 4.78 is 5.67. The molecule has 18 heavy (non-hydrogen) atoms. The van der Waals surface area contributed by atoms with Crippen LogP contribution in [-0.4, -0.2) is 25.6 Å². The first-order valence-electron chi connectivity index (χ1n) is 5.96. The summed E-state index contributed by atoms with van der Waals surface area (Å²) >= 11 is 0. The summed E-state index contributed by atoms with van der Waals surface area (Å²) in [5, 5.41) is 5.77. The fourth-order valence-corrected chi connectivity index (χ4v) is 1.52. The molecule has 2 N–H and O–H groups in total. The Balaban J connectivity index is 2.65. The van der Waals surface area contributed by atoms with Crippen molar-refractivity contribution in [2.75, 3.05) is 13.6 Å². The number of ether oxygens (including phenoxy) is 1. The molecule has 98 valence electrons. The van der Waals surface area contributed by atoms with E-state index in [0.717, 1.165) is 11.3 Å². The lowest BCUT2D eigenvalue weighted by atomic mass is 10.2. The van der Waals surface area contributed by atoms with E-state index in [-0.39, 0.29) is 5.91 Å². The third-order valence-electron chi connectivity index (χ3n) is 2.43. The van der Waals surface area contributed by atoms with E-state index in [4.69, 9.17) is 4.74 Å². The van der Waals surface area contributed by atoms with Crippen molar-refractivity contribution in [3.8, 4) is 5.75 Å². The number of hydrogen-bond acceptors (Lipinski definition) is 3. The second-order valence-electron chi connectivity index (χ2n) is 3.93. The molecule has 1 atom stereocenters. The zero-order chi connectivity index (χ0) is 13.4. The zero-order valence-corrected chi connectivity index (χ0v) is 10.9. The minimum atomic E-state index is -0.525. The van der Waals surface area contributed by atoms with E-state index in [1.54, 1.807) is 13.0 Å². The van der Waals surface area contributed by atoms with E-state index < -0.39 is 6.10 Å². The van der Waals surface area contributed by atoms with Crippen molar-refractivity contribution in [2.24, 2.45) is 0 Å². The van der Waals surface area contributed by atoms with Gasteiger partial charge in [0.25, 0.3) is 5.91 Å². The Kier molecular flexibility index (Phi) is 5.94. The molecule has 0 spiro atoms. The molecular weight excluding hydrogens is 228 g/mol. The number of hydrogen-bond donors (Lipinski definition) is 2. The Labute approximate surface area is 108 Å². The molecule has 4 heteroatoms. The topological polar surface area (TPSA) is 50.4 Å². The summed E-state index contributed by atoms with van der Waals surface area (Å²) in [6.45, 7) is 6.44. The molecular formula is C14H20N2O2. The van der Waals surface area contributed by atoms with Gasteiger partial charge in [0.2, 0.25) is 0 Å². The van der Waals surface area contributed by atoms with Crippen LogP contribution in [0.4, 0.5) is 0 Å². The van der Waals surface area contributed by atoms with Gasteiger partial charge < -0.3 is 15.4 Å². The summed E-state index contributed by atoms with van der Waals surface area (Å²) in [5.74, 6) is 0.585. The maximum Gasteiger partial charge on any atom is 0.261 e. The number of carbonyl (C=O) groups is 1. The van der Waals surface area contributed by atoms with E-state index in [1.165, 1.54) is 0 Å². The SMILES string of the molecule is C=CCNC(=O)C(C)Oc1ccccc1CNC. The van der Waals surface area contributed by atoms with Crippen molar-refractivity contribution in [2.45, 2.75) is 19.6 Å². The van der Waals surface area contributed by atoms with Crippen LogP contribution in [0.15, 0.2) is 36.9 Å². The first kappa shape index (κ1) is 14.3. The van der Waals surface area contributed by atoms with Gasteiger partial charge in [-0.1, -0.05) is 24.3 Å². The number of benzene rings is 1. The average molecular weight is 248 g/mol. The van der Waals surface area contributed by atoms with Gasteiger partial charge in [-0.2, -0.15) is 0 Å². The predicted octanol–water partition coefficient (Wildman–Crippen LogP) is 1.48. The normalized spacial score (nSPS) is 11.7. The molecule has 0 aliphatic heterocycles. The second kappa shape index (κ2) is 7.50. The lowest BCUT2D eigenvalue weighted by molar-refractivity contribution is -0.127. The van der Waals surface area contributed by atoms with Gasteiger partial charge in [0.05, 0.1) is 0 Å². The highest BCUT2D eigenvalue weighted by molar-refractivity contribution is 5.80. The molecule has 1 unspecified atom stereocenters. The van der Waals surface area contributed by atoms with E-state index in [0.29, 0.717) is 13.1 Å². The van der Waals surface area contributed by atoms with E-state index >= 15 is 0 Å². The first-order valence-corrected chi connectivity index (χ1v) is 5.96. The molecule has 0 aliphatic carbocycles. The predicted molar refractivity (Wildman–Crippen MR) is 72.5 cm³/mol. The van der Waals surface area contributed by atoms with Gasteiger partial charge in [-0.05, 0) is 20.0 Å². The summed E-state index contributed by atoms with van der Waals surface area (Å²) in [5.41, 5.74) is 1.03. The minimum Gasteiger partial charge on any atom is -0.481 e. The third kappa shape index (κ3) is 4.22. The smallest absolute Gasteiger partial charge is 0.261 e. The third-order valence-corrected chi connectivity index (χ3v) is 2.43. The molecule has 4 nitrogen and oxygen atoms in total. The highest BCUT2D eigenvalue weighted by Gasteiger charge is 2.14. The van der Waals surface area contributed by atoms with Gasteiger partial charge in [0.15, 0.2) is 6.10 Å².